The summed E-state index contributed by atoms with van der Waals surface area (Å²) in [5.74, 6) is 8.92. The van der Waals surface area contributed by atoms with Gasteiger partial charge in [-0.15, -0.1) is 0 Å². The van der Waals surface area contributed by atoms with Gasteiger partial charge in [0.2, 0.25) is 5.95 Å². The van der Waals surface area contributed by atoms with Gasteiger partial charge < -0.3 is 29.9 Å². The highest BCUT2D eigenvalue weighted by molar-refractivity contribution is 5.92. The highest BCUT2D eigenvalue weighted by Gasteiger charge is 2.21. The molecular formula is C26H38N6O2. The lowest BCUT2D eigenvalue weighted by molar-refractivity contribution is 0.168. The number of aliphatic hydroxyl groups excluding tert-OH is 1. The number of piperidine rings is 1. The number of aromatic nitrogens is 2. The van der Waals surface area contributed by atoms with Crippen LogP contribution in [0.2, 0.25) is 0 Å². The van der Waals surface area contributed by atoms with E-state index in [1.165, 1.54) is 25.9 Å². The Morgan fingerprint density at radius 2 is 1.82 bits per heavy atom. The van der Waals surface area contributed by atoms with E-state index in [0.29, 0.717) is 12.0 Å². The first-order valence-electron chi connectivity index (χ1n) is 12.5. The van der Waals surface area contributed by atoms with Crippen LogP contribution < -0.4 is 15.0 Å². The number of β-amino-alcohol motifs (C(OH)–C–C–N with tert-alkyl or cyclic N) is 1. The van der Waals surface area contributed by atoms with E-state index in [-0.39, 0.29) is 6.61 Å². The van der Waals surface area contributed by atoms with Gasteiger partial charge in [-0.05, 0) is 50.9 Å². The van der Waals surface area contributed by atoms with Crippen LogP contribution in [0, 0.1) is 11.8 Å². The summed E-state index contributed by atoms with van der Waals surface area (Å²) in [6.45, 7) is 6.32. The molecule has 0 bridgehead atoms. The molecule has 3 heterocycles. The van der Waals surface area contributed by atoms with Crippen molar-refractivity contribution >= 4 is 22.7 Å². The summed E-state index contributed by atoms with van der Waals surface area (Å²) in [6, 6.07) is 4.38. The van der Waals surface area contributed by atoms with Crippen molar-refractivity contribution in [3.8, 4) is 17.6 Å². The van der Waals surface area contributed by atoms with Crippen LogP contribution in [0.15, 0.2) is 12.1 Å². The predicted octanol–water partition coefficient (Wildman–Crippen LogP) is 2.41. The first-order valence-corrected chi connectivity index (χ1v) is 12.5. The Bertz CT molecular complexity index is 1020. The van der Waals surface area contributed by atoms with Crippen LogP contribution in [-0.4, -0.2) is 98.0 Å². The molecule has 184 valence electrons. The molecule has 0 radical (unpaired) electrons. The largest absolute Gasteiger partial charge is 0.495 e. The van der Waals surface area contributed by atoms with Crippen molar-refractivity contribution in [2.75, 3.05) is 77.3 Å². The molecule has 4 rings (SSSR count). The van der Waals surface area contributed by atoms with Gasteiger partial charge in [0, 0.05) is 58.1 Å². The topological polar surface area (TPSA) is 77.0 Å². The number of ether oxygens (including phenoxy) is 1. The molecule has 1 aromatic heterocycles. The van der Waals surface area contributed by atoms with E-state index in [0.717, 1.165) is 73.5 Å². The zero-order valence-corrected chi connectivity index (χ0v) is 20.8. The average molecular weight is 467 g/mol. The van der Waals surface area contributed by atoms with Crippen molar-refractivity contribution in [2.24, 2.45) is 0 Å². The van der Waals surface area contributed by atoms with E-state index in [4.69, 9.17) is 14.7 Å². The summed E-state index contributed by atoms with van der Waals surface area (Å²) in [7, 11) is 5.61. The molecule has 0 saturated carbocycles. The van der Waals surface area contributed by atoms with Crippen LogP contribution in [0.25, 0.3) is 10.9 Å². The minimum Gasteiger partial charge on any atom is -0.495 e. The molecule has 2 aliphatic heterocycles. The number of hydrogen-bond donors (Lipinski definition) is 2. The van der Waals surface area contributed by atoms with Gasteiger partial charge in [-0.25, -0.2) is 4.98 Å². The van der Waals surface area contributed by atoms with Crippen LogP contribution >= 0.6 is 0 Å². The first-order chi connectivity index (χ1) is 16.6. The van der Waals surface area contributed by atoms with Crippen molar-refractivity contribution in [2.45, 2.75) is 38.1 Å². The number of hydrogen-bond acceptors (Lipinski definition) is 8. The Morgan fingerprint density at radius 1 is 1.09 bits per heavy atom. The van der Waals surface area contributed by atoms with Gasteiger partial charge in [0.25, 0.3) is 0 Å². The zero-order chi connectivity index (χ0) is 23.9. The molecule has 2 aromatic rings. The highest BCUT2D eigenvalue weighted by atomic mass is 16.5. The number of anilines is 2. The third kappa shape index (κ3) is 6.09. The molecule has 0 spiro atoms. The number of methoxy groups -OCH3 is 1. The van der Waals surface area contributed by atoms with Crippen LogP contribution in [-0.2, 0) is 0 Å². The molecule has 0 atom stereocenters. The van der Waals surface area contributed by atoms with E-state index in [1.807, 2.05) is 31.1 Å². The smallest absolute Gasteiger partial charge is 0.227 e. The van der Waals surface area contributed by atoms with E-state index >= 15 is 0 Å². The van der Waals surface area contributed by atoms with Gasteiger partial charge in [0.1, 0.15) is 11.6 Å². The molecule has 1 aromatic carbocycles. The average Bonchev–Trinajstić information content (AvgIpc) is 3.36. The minimum atomic E-state index is 0.212. The third-order valence-electron chi connectivity index (χ3n) is 6.72. The predicted molar refractivity (Wildman–Crippen MR) is 138 cm³/mol. The molecule has 8 nitrogen and oxygen atoms in total. The molecule has 2 fully saturated rings. The molecule has 2 N–H and O–H groups in total. The van der Waals surface area contributed by atoms with Gasteiger partial charge in [-0.1, -0.05) is 11.8 Å². The Balaban J connectivity index is 1.57. The first kappa shape index (κ1) is 24.5. The Hall–Kier alpha value is -2.60. The zero-order valence-electron chi connectivity index (χ0n) is 20.8. The second-order valence-electron chi connectivity index (χ2n) is 9.42. The molecule has 0 aliphatic carbocycles. The summed E-state index contributed by atoms with van der Waals surface area (Å²) in [5, 5.41) is 13.8. The summed E-state index contributed by atoms with van der Waals surface area (Å²) < 4.78 is 5.71. The maximum atomic E-state index is 9.21. The van der Waals surface area contributed by atoms with Crippen LogP contribution in [0.5, 0.6) is 5.75 Å². The maximum absolute atomic E-state index is 9.21. The van der Waals surface area contributed by atoms with E-state index < -0.39 is 0 Å². The van der Waals surface area contributed by atoms with E-state index in [2.05, 4.69) is 27.0 Å². The summed E-state index contributed by atoms with van der Waals surface area (Å²) in [6.07, 6.45) is 5.49. The fourth-order valence-electron chi connectivity index (χ4n) is 4.73. The summed E-state index contributed by atoms with van der Waals surface area (Å²) in [5.41, 5.74) is 1.73. The Kier molecular flexibility index (Phi) is 8.44. The summed E-state index contributed by atoms with van der Waals surface area (Å²) in [4.78, 5) is 16.3. The van der Waals surface area contributed by atoms with Gasteiger partial charge in [0.05, 0.1) is 24.8 Å². The van der Waals surface area contributed by atoms with Gasteiger partial charge >= 0.3 is 0 Å². The second-order valence-corrected chi connectivity index (χ2v) is 9.42. The summed E-state index contributed by atoms with van der Waals surface area (Å²) >= 11 is 0. The number of benzene rings is 1. The molecule has 0 unspecified atom stereocenters. The number of likely N-dealkylation sites (tertiary alicyclic amines) is 2. The molecule has 8 heteroatoms. The number of rotatable bonds is 8. The number of nitrogens with one attached hydrogen (secondary N) is 1. The van der Waals surface area contributed by atoms with Crippen molar-refractivity contribution in [3.05, 3.63) is 17.7 Å². The minimum absolute atomic E-state index is 0.212. The third-order valence-corrected chi connectivity index (χ3v) is 6.72. The Morgan fingerprint density at radius 3 is 2.50 bits per heavy atom. The quantitative estimate of drug-likeness (QED) is 0.575. The SMILES string of the molecule is COc1cc2c(NC3CCN(CCO)CC3)nc(N(C)C)nc2cc1C#CCCN1CCCC1. The normalized spacial score (nSPS) is 17.5. The van der Waals surface area contributed by atoms with Crippen LogP contribution in [0.4, 0.5) is 11.8 Å². The molecule has 2 saturated heterocycles. The fourth-order valence-corrected chi connectivity index (χ4v) is 4.73. The fraction of sp³-hybridized carbons (Fsp3) is 0.615. The van der Waals surface area contributed by atoms with E-state index in [9.17, 15) is 5.11 Å². The Labute approximate surface area is 203 Å². The van der Waals surface area contributed by atoms with Gasteiger partial charge in [0.15, 0.2) is 0 Å². The van der Waals surface area contributed by atoms with E-state index in [1.54, 1.807) is 7.11 Å². The molecule has 34 heavy (non-hydrogen) atoms. The highest BCUT2D eigenvalue weighted by Crippen LogP contribution is 2.31. The standard InChI is InChI=1S/C26H38N6O2/c1-30(2)26-28-23-18-20(8-4-5-11-31-12-6-7-13-31)24(34-3)19-22(23)25(29-26)27-21-9-14-32(15-10-21)16-17-33/h18-19,21,33H,5-7,9-17H2,1-3H3,(H,27,28,29). The van der Waals surface area contributed by atoms with Crippen LogP contribution in [0.3, 0.4) is 0 Å². The van der Waals surface area contributed by atoms with Gasteiger partial charge in [-0.3, -0.25) is 0 Å². The monoisotopic (exact) mass is 466 g/mol. The number of fused-ring (bicyclic) bond motifs is 1. The van der Waals surface area contributed by atoms with Crippen molar-refractivity contribution < 1.29 is 9.84 Å². The van der Waals surface area contributed by atoms with Crippen LogP contribution in [0.1, 0.15) is 37.7 Å². The number of nitrogens with zero attached hydrogens (tertiary/aromatic N) is 5. The number of aliphatic hydroxyl groups is 1. The molecule has 2 aliphatic rings. The maximum Gasteiger partial charge on any atom is 0.227 e. The lowest BCUT2D eigenvalue weighted by atomic mass is 10.0. The van der Waals surface area contributed by atoms with Crippen molar-refractivity contribution in [1.82, 2.24) is 19.8 Å². The lowest BCUT2D eigenvalue weighted by Gasteiger charge is -2.32. The van der Waals surface area contributed by atoms with Gasteiger partial charge in [-0.2, -0.15) is 4.98 Å². The second kappa shape index (κ2) is 11.7. The van der Waals surface area contributed by atoms with Crippen molar-refractivity contribution in [3.63, 3.8) is 0 Å². The molecular weight excluding hydrogens is 428 g/mol. The lowest BCUT2D eigenvalue weighted by Crippen LogP contribution is -2.40. The molecule has 0 amide bonds. The van der Waals surface area contributed by atoms with Crippen molar-refractivity contribution in [1.29, 1.82) is 0 Å².